The van der Waals surface area contributed by atoms with Gasteiger partial charge in [0, 0.05) is 44.9 Å². The molecule has 32 heavy (non-hydrogen) atoms. The molecule has 1 aliphatic heterocycles. The Labute approximate surface area is 189 Å². The quantitative estimate of drug-likeness (QED) is 0.370. The lowest BCUT2D eigenvalue weighted by molar-refractivity contribution is 0.531. The van der Waals surface area contributed by atoms with Crippen molar-refractivity contribution in [2.75, 3.05) is 0 Å². The zero-order valence-electron chi connectivity index (χ0n) is 16.9. The zero-order valence-corrected chi connectivity index (χ0v) is 17.7. The van der Waals surface area contributed by atoms with Crippen molar-refractivity contribution in [1.29, 1.82) is 0 Å². The van der Waals surface area contributed by atoms with Gasteiger partial charge in [-0.05, 0) is 12.1 Å². The number of nitrogens with one attached hydrogen (secondary N) is 1. The van der Waals surface area contributed by atoms with Crippen LogP contribution in [0.5, 0.6) is 0 Å². The molecule has 154 valence electrons. The Bertz CT molecular complexity index is 1420. The first kappa shape index (κ1) is 18.8. The molecule has 6 heteroatoms. The van der Waals surface area contributed by atoms with Crippen LogP contribution in [0.25, 0.3) is 39.3 Å². The molecule has 0 spiro atoms. The first-order valence-corrected chi connectivity index (χ1v) is 10.7. The summed E-state index contributed by atoms with van der Waals surface area (Å²) in [6.45, 7) is 0.591. The molecule has 5 aromatic rings. The van der Waals surface area contributed by atoms with E-state index in [-0.39, 0.29) is 0 Å². The summed E-state index contributed by atoms with van der Waals surface area (Å²) in [5.74, 6) is 2.67. The summed E-state index contributed by atoms with van der Waals surface area (Å²) in [6.07, 6.45) is 1.95. The van der Waals surface area contributed by atoms with Gasteiger partial charge in [0.05, 0.1) is 6.54 Å². The van der Waals surface area contributed by atoms with Gasteiger partial charge in [0.1, 0.15) is 11.3 Å². The Kier molecular flexibility index (Phi) is 4.47. The largest absolute Gasteiger partial charge is 0.458 e. The number of fused-ring (bicyclic) bond motifs is 3. The number of nitrogens with zero attached hydrogens (tertiary/aromatic N) is 3. The van der Waals surface area contributed by atoms with E-state index >= 15 is 0 Å². The van der Waals surface area contributed by atoms with E-state index < -0.39 is 0 Å². The number of aromatic nitrogens is 3. The molecule has 0 unspecified atom stereocenters. The number of hydrogen-bond acceptors (Lipinski definition) is 5. The fraction of sp³-hybridized carbons (Fsp3) is 0.0385. The fourth-order valence-corrected chi connectivity index (χ4v) is 4.13. The standard InChI is InChI=1S/C26H17ClN4O/c27-18-11-12-19-21(13-18)32-22-15-28-14-20(23(19)22)26-30-24(16-7-3-1-4-8-16)29-25(31-26)17-9-5-2-6-10-17/h1-14,28H,15H2. The van der Waals surface area contributed by atoms with Gasteiger partial charge in [-0.2, -0.15) is 0 Å². The second-order valence-electron chi connectivity index (χ2n) is 7.52. The van der Waals surface area contributed by atoms with E-state index in [1.807, 2.05) is 85.1 Å². The summed E-state index contributed by atoms with van der Waals surface area (Å²) < 4.78 is 6.09. The molecule has 5 nitrogen and oxygen atoms in total. The van der Waals surface area contributed by atoms with Crippen LogP contribution in [0.4, 0.5) is 0 Å². The Balaban J connectivity index is 1.58. The first-order valence-electron chi connectivity index (χ1n) is 10.3. The monoisotopic (exact) mass is 436 g/mol. The van der Waals surface area contributed by atoms with Gasteiger partial charge in [-0.1, -0.05) is 72.3 Å². The summed E-state index contributed by atoms with van der Waals surface area (Å²) in [6, 6.07) is 25.6. The van der Waals surface area contributed by atoms with Gasteiger partial charge < -0.3 is 9.73 Å². The van der Waals surface area contributed by atoms with Crippen molar-refractivity contribution in [2.24, 2.45) is 0 Å². The molecule has 0 bridgehead atoms. The smallest absolute Gasteiger partial charge is 0.166 e. The first-order chi connectivity index (χ1) is 15.8. The predicted molar refractivity (Wildman–Crippen MR) is 126 cm³/mol. The lowest BCUT2D eigenvalue weighted by atomic mass is 9.99. The second kappa shape index (κ2) is 7.62. The highest BCUT2D eigenvalue weighted by Crippen LogP contribution is 2.37. The van der Waals surface area contributed by atoms with E-state index in [0.717, 1.165) is 39.0 Å². The molecule has 0 radical (unpaired) electrons. The highest BCUT2D eigenvalue weighted by molar-refractivity contribution is 6.31. The summed E-state index contributed by atoms with van der Waals surface area (Å²) >= 11 is 6.19. The molecular formula is C26H17ClN4O. The average Bonchev–Trinajstić information content (AvgIpc) is 3.22. The van der Waals surface area contributed by atoms with Crippen molar-refractivity contribution < 1.29 is 4.42 Å². The SMILES string of the molecule is Clc1ccc2c3c(oc2c1)CNC=C3c1nc(-c2ccccc2)nc(-c2ccccc2)n1. The van der Waals surface area contributed by atoms with Crippen LogP contribution in [0.2, 0.25) is 5.02 Å². The number of rotatable bonds is 3. The highest BCUT2D eigenvalue weighted by Gasteiger charge is 2.25. The highest BCUT2D eigenvalue weighted by atomic mass is 35.5. The summed E-state index contributed by atoms with van der Waals surface area (Å²) in [4.78, 5) is 14.5. The maximum absolute atomic E-state index is 6.19. The number of hydrogen-bond donors (Lipinski definition) is 1. The molecular weight excluding hydrogens is 420 g/mol. The Morgan fingerprint density at radius 3 is 2.03 bits per heavy atom. The minimum Gasteiger partial charge on any atom is -0.458 e. The second-order valence-corrected chi connectivity index (χ2v) is 7.95. The molecule has 0 atom stereocenters. The van der Waals surface area contributed by atoms with Crippen LogP contribution in [0.1, 0.15) is 17.1 Å². The van der Waals surface area contributed by atoms with Gasteiger partial charge in [-0.25, -0.2) is 15.0 Å². The number of benzene rings is 3. The molecule has 6 rings (SSSR count). The number of halogens is 1. The van der Waals surface area contributed by atoms with Crippen molar-refractivity contribution in [3.05, 3.63) is 107 Å². The third kappa shape index (κ3) is 3.24. The van der Waals surface area contributed by atoms with Crippen LogP contribution in [-0.2, 0) is 6.54 Å². The average molecular weight is 437 g/mol. The van der Waals surface area contributed by atoms with Crippen molar-refractivity contribution in [1.82, 2.24) is 20.3 Å². The molecule has 2 aromatic heterocycles. The number of furan rings is 1. The normalized spacial score (nSPS) is 12.8. The molecule has 0 saturated carbocycles. The third-order valence-corrected chi connectivity index (χ3v) is 5.68. The van der Waals surface area contributed by atoms with Crippen LogP contribution in [0.3, 0.4) is 0 Å². The summed E-state index contributed by atoms with van der Waals surface area (Å²) in [5.41, 5.74) is 4.46. The summed E-state index contributed by atoms with van der Waals surface area (Å²) in [5, 5.41) is 4.92. The molecule has 1 aliphatic rings. The van der Waals surface area contributed by atoms with Gasteiger partial charge in [0.15, 0.2) is 17.5 Å². The van der Waals surface area contributed by atoms with Crippen LogP contribution in [0, 0.1) is 0 Å². The lowest BCUT2D eigenvalue weighted by Crippen LogP contribution is -2.14. The Morgan fingerprint density at radius 2 is 1.38 bits per heavy atom. The molecule has 3 heterocycles. The fourth-order valence-electron chi connectivity index (χ4n) is 3.96. The van der Waals surface area contributed by atoms with E-state index in [1.165, 1.54) is 0 Å². The Hall–Kier alpha value is -3.96. The molecule has 0 fully saturated rings. The molecule has 0 aliphatic carbocycles. The molecule has 1 N–H and O–H groups in total. The minimum atomic E-state index is 0.587. The van der Waals surface area contributed by atoms with Gasteiger partial charge in [-0.15, -0.1) is 0 Å². The lowest BCUT2D eigenvalue weighted by Gasteiger charge is -2.15. The molecule has 3 aromatic carbocycles. The zero-order chi connectivity index (χ0) is 21.5. The topological polar surface area (TPSA) is 63.8 Å². The van der Waals surface area contributed by atoms with Gasteiger partial charge in [0.2, 0.25) is 0 Å². The Morgan fingerprint density at radius 1 is 0.750 bits per heavy atom. The van der Waals surface area contributed by atoms with Crippen LogP contribution >= 0.6 is 11.6 Å². The van der Waals surface area contributed by atoms with E-state index in [1.54, 1.807) is 0 Å². The van der Waals surface area contributed by atoms with E-state index in [2.05, 4.69) is 5.32 Å². The van der Waals surface area contributed by atoms with Crippen molar-refractivity contribution in [3.63, 3.8) is 0 Å². The molecule has 0 saturated heterocycles. The predicted octanol–water partition coefficient (Wildman–Crippen LogP) is 6.10. The van der Waals surface area contributed by atoms with Crippen molar-refractivity contribution >= 4 is 28.1 Å². The van der Waals surface area contributed by atoms with E-state index in [4.69, 9.17) is 31.0 Å². The van der Waals surface area contributed by atoms with Crippen LogP contribution in [-0.4, -0.2) is 15.0 Å². The minimum absolute atomic E-state index is 0.587. The third-order valence-electron chi connectivity index (χ3n) is 5.44. The van der Waals surface area contributed by atoms with Crippen molar-refractivity contribution in [2.45, 2.75) is 6.54 Å². The van der Waals surface area contributed by atoms with Crippen LogP contribution < -0.4 is 5.32 Å². The van der Waals surface area contributed by atoms with Crippen molar-refractivity contribution in [3.8, 4) is 22.8 Å². The maximum Gasteiger partial charge on any atom is 0.166 e. The van der Waals surface area contributed by atoms with Crippen LogP contribution in [0.15, 0.2) is 89.5 Å². The van der Waals surface area contributed by atoms with Gasteiger partial charge in [-0.3, -0.25) is 0 Å². The molecule has 0 amide bonds. The van der Waals surface area contributed by atoms with Gasteiger partial charge >= 0.3 is 0 Å². The van der Waals surface area contributed by atoms with E-state index in [0.29, 0.717) is 29.0 Å². The summed E-state index contributed by atoms with van der Waals surface area (Å²) in [7, 11) is 0. The van der Waals surface area contributed by atoms with Gasteiger partial charge in [0.25, 0.3) is 0 Å². The van der Waals surface area contributed by atoms with E-state index in [9.17, 15) is 0 Å². The maximum atomic E-state index is 6.19.